The Hall–Kier alpha value is -1.06. The summed E-state index contributed by atoms with van der Waals surface area (Å²) in [5.74, 6) is 0.0388. The van der Waals surface area contributed by atoms with Crippen molar-refractivity contribution in [3.8, 4) is 0 Å². The number of benzene rings is 1. The maximum Gasteiger partial charge on any atom is 0.227 e. The molecule has 0 saturated carbocycles. The largest absolute Gasteiger partial charge is 0.391 e. The van der Waals surface area contributed by atoms with Gasteiger partial charge in [0, 0.05) is 18.1 Å². The van der Waals surface area contributed by atoms with Gasteiger partial charge in [0.25, 0.3) is 0 Å². The smallest absolute Gasteiger partial charge is 0.227 e. The predicted molar refractivity (Wildman–Crippen MR) is 67.0 cm³/mol. The molecule has 4 heteroatoms. The number of likely N-dealkylation sites (tertiary alicyclic amines) is 1. The molecule has 1 aromatic carbocycles. The molecule has 1 fully saturated rings. The zero-order valence-corrected chi connectivity index (χ0v) is 10.4. The van der Waals surface area contributed by atoms with Gasteiger partial charge in [0.05, 0.1) is 12.5 Å². The topological polar surface area (TPSA) is 40.5 Å². The molecule has 1 aromatic rings. The number of rotatable bonds is 2. The normalized spacial score (nSPS) is 20.4. The highest BCUT2D eigenvalue weighted by atomic mass is 35.5. The Kier molecular flexibility index (Phi) is 4.02. The molecular formula is C13H16ClNO2. The summed E-state index contributed by atoms with van der Waals surface area (Å²) in [5.41, 5.74) is 0.847. The van der Waals surface area contributed by atoms with Crippen LogP contribution in [-0.2, 0) is 11.2 Å². The fourth-order valence-electron chi connectivity index (χ4n) is 2.10. The Labute approximate surface area is 106 Å². The highest BCUT2D eigenvalue weighted by Gasteiger charge is 2.22. The standard InChI is InChI=1S/C13H16ClNO2/c14-12-6-2-1-4-10(12)8-13(17)15-7-3-5-11(16)9-15/h1-2,4,6,11,16H,3,5,7-9H2/t11-/m0/s1. The third-order valence-electron chi connectivity index (χ3n) is 3.05. The molecule has 0 spiro atoms. The highest BCUT2D eigenvalue weighted by molar-refractivity contribution is 6.31. The van der Waals surface area contributed by atoms with Crippen LogP contribution in [0.1, 0.15) is 18.4 Å². The molecule has 1 aliphatic rings. The van der Waals surface area contributed by atoms with Gasteiger partial charge in [0.2, 0.25) is 5.91 Å². The number of amides is 1. The lowest BCUT2D eigenvalue weighted by Crippen LogP contribution is -2.42. The Morgan fingerprint density at radius 2 is 2.24 bits per heavy atom. The average Bonchev–Trinajstić information content (AvgIpc) is 2.32. The van der Waals surface area contributed by atoms with E-state index in [1.807, 2.05) is 18.2 Å². The number of aliphatic hydroxyl groups excluding tert-OH is 1. The van der Waals surface area contributed by atoms with E-state index in [-0.39, 0.29) is 12.0 Å². The second kappa shape index (κ2) is 5.52. The van der Waals surface area contributed by atoms with Crippen LogP contribution >= 0.6 is 11.6 Å². The van der Waals surface area contributed by atoms with Crippen molar-refractivity contribution in [2.45, 2.75) is 25.4 Å². The lowest BCUT2D eigenvalue weighted by Gasteiger charge is -2.30. The van der Waals surface area contributed by atoms with E-state index in [1.54, 1.807) is 11.0 Å². The Morgan fingerprint density at radius 1 is 1.47 bits per heavy atom. The second-order valence-corrected chi connectivity index (χ2v) is 4.81. The third kappa shape index (κ3) is 3.20. The average molecular weight is 254 g/mol. The van der Waals surface area contributed by atoms with Crippen molar-refractivity contribution in [2.24, 2.45) is 0 Å². The van der Waals surface area contributed by atoms with Crippen molar-refractivity contribution in [3.63, 3.8) is 0 Å². The minimum absolute atomic E-state index is 0.0388. The van der Waals surface area contributed by atoms with Gasteiger partial charge in [0.1, 0.15) is 0 Å². The van der Waals surface area contributed by atoms with Crippen LogP contribution in [-0.4, -0.2) is 35.1 Å². The van der Waals surface area contributed by atoms with Gasteiger partial charge in [-0.15, -0.1) is 0 Å². The molecule has 1 amide bonds. The first-order valence-electron chi connectivity index (χ1n) is 5.86. The molecule has 1 atom stereocenters. The molecule has 2 rings (SSSR count). The van der Waals surface area contributed by atoms with Crippen molar-refractivity contribution in [1.82, 2.24) is 4.90 Å². The molecule has 1 aliphatic heterocycles. The van der Waals surface area contributed by atoms with Crippen LogP contribution in [0, 0.1) is 0 Å². The Morgan fingerprint density at radius 3 is 2.94 bits per heavy atom. The van der Waals surface area contributed by atoms with Gasteiger partial charge in [-0.1, -0.05) is 29.8 Å². The second-order valence-electron chi connectivity index (χ2n) is 4.40. The third-order valence-corrected chi connectivity index (χ3v) is 3.42. The van der Waals surface area contributed by atoms with E-state index in [4.69, 9.17) is 11.6 Å². The Bertz CT molecular complexity index is 408. The minimum atomic E-state index is -0.376. The number of halogens is 1. The zero-order valence-electron chi connectivity index (χ0n) is 9.60. The van der Waals surface area contributed by atoms with Gasteiger partial charge < -0.3 is 10.0 Å². The summed E-state index contributed by atoms with van der Waals surface area (Å²) in [7, 11) is 0. The molecule has 0 aliphatic carbocycles. The fraction of sp³-hybridized carbons (Fsp3) is 0.462. The van der Waals surface area contributed by atoms with Gasteiger partial charge in [-0.05, 0) is 24.5 Å². The van der Waals surface area contributed by atoms with Gasteiger partial charge >= 0.3 is 0 Å². The van der Waals surface area contributed by atoms with E-state index in [1.165, 1.54) is 0 Å². The van der Waals surface area contributed by atoms with Crippen molar-refractivity contribution in [2.75, 3.05) is 13.1 Å². The molecule has 0 radical (unpaired) electrons. The summed E-state index contributed by atoms with van der Waals surface area (Å²) in [6, 6.07) is 7.37. The van der Waals surface area contributed by atoms with E-state index in [0.717, 1.165) is 24.9 Å². The van der Waals surface area contributed by atoms with Gasteiger partial charge in [-0.2, -0.15) is 0 Å². The zero-order chi connectivity index (χ0) is 12.3. The van der Waals surface area contributed by atoms with Gasteiger partial charge in [-0.25, -0.2) is 0 Å². The van der Waals surface area contributed by atoms with E-state index in [2.05, 4.69) is 0 Å². The summed E-state index contributed by atoms with van der Waals surface area (Å²) >= 11 is 6.02. The first-order chi connectivity index (χ1) is 8.16. The molecule has 17 heavy (non-hydrogen) atoms. The number of carbonyl (C=O) groups excluding carboxylic acids is 1. The maximum absolute atomic E-state index is 12.0. The quantitative estimate of drug-likeness (QED) is 0.874. The van der Waals surface area contributed by atoms with Crippen LogP contribution in [0.15, 0.2) is 24.3 Å². The number of β-amino-alcohol motifs (C(OH)–C–C–N with tert-alkyl or cyclic N) is 1. The van der Waals surface area contributed by atoms with Crippen molar-refractivity contribution in [3.05, 3.63) is 34.9 Å². The number of nitrogens with zero attached hydrogens (tertiary/aromatic N) is 1. The van der Waals surface area contributed by atoms with Crippen molar-refractivity contribution >= 4 is 17.5 Å². The first kappa shape index (κ1) is 12.4. The molecule has 1 heterocycles. The number of hydrogen-bond acceptors (Lipinski definition) is 2. The summed E-state index contributed by atoms with van der Waals surface area (Å²) in [6.07, 6.45) is 1.59. The van der Waals surface area contributed by atoms with Crippen molar-refractivity contribution < 1.29 is 9.90 Å². The van der Waals surface area contributed by atoms with E-state index < -0.39 is 0 Å². The molecule has 92 valence electrons. The molecule has 0 bridgehead atoms. The fourth-order valence-corrected chi connectivity index (χ4v) is 2.30. The number of piperidine rings is 1. The first-order valence-corrected chi connectivity index (χ1v) is 6.24. The summed E-state index contributed by atoms with van der Waals surface area (Å²) < 4.78 is 0. The molecule has 1 saturated heterocycles. The van der Waals surface area contributed by atoms with Crippen LogP contribution in [0.4, 0.5) is 0 Å². The van der Waals surface area contributed by atoms with E-state index in [0.29, 0.717) is 18.0 Å². The monoisotopic (exact) mass is 253 g/mol. The van der Waals surface area contributed by atoms with Crippen LogP contribution in [0.25, 0.3) is 0 Å². The molecule has 0 aromatic heterocycles. The Balaban J connectivity index is 1.99. The molecular weight excluding hydrogens is 238 g/mol. The summed E-state index contributed by atoms with van der Waals surface area (Å²) in [4.78, 5) is 13.7. The van der Waals surface area contributed by atoms with E-state index >= 15 is 0 Å². The van der Waals surface area contributed by atoms with Gasteiger partial charge in [-0.3, -0.25) is 4.79 Å². The predicted octanol–water partition coefficient (Wildman–Crippen LogP) is 1.87. The summed E-state index contributed by atoms with van der Waals surface area (Å²) in [5, 5.41) is 10.2. The van der Waals surface area contributed by atoms with Gasteiger partial charge in [0.15, 0.2) is 0 Å². The molecule has 0 unspecified atom stereocenters. The molecule has 1 N–H and O–H groups in total. The lowest BCUT2D eigenvalue weighted by atomic mass is 10.1. The van der Waals surface area contributed by atoms with Crippen LogP contribution in [0.5, 0.6) is 0 Å². The van der Waals surface area contributed by atoms with Crippen molar-refractivity contribution in [1.29, 1.82) is 0 Å². The van der Waals surface area contributed by atoms with Crippen LogP contribution in [0.2, 0.25) is 5.02 Å². The maximum atomic E-state index is 12.0. The number of aliphatic hydroxyl groups is 1. The molecule has 3 nitrogen and oxygen atoms in total. The van der Waals surface area contributed by atoms with Crippen LogP contribution < -0.4 is 0 Å². The SMILES string of the molecule is O=C(Cc1ccccc1Cl)N1CCC[C@H](O)C1. The van der Waals surface area contributed by atoms with Crippen LogP contribution in [0.3, 0.4) is 0 Å². The summed E-state index contributed by atoms with van der Waals surface area (Å²) in [6.45, 7) is 1.18. The van der Waals surface area contributed by atoms with E-state index in [9.17, 15) is 9.90 Å². The number of hydrogen-bond donors (Lipinski definition) is 1. The number of carbonyl (C=O) groups is 1. The lowest BCUT2D eigenvalue weighted by molar-refractivity contribution is -0.133. The minimum Gasteiger partial charge on any atom is -0.391 e. The highest BCUT2D eigenvalue weighted by Crippen LogP contribution is 2.17.